The number of anilines is 1. The minimum atomic E-state index is -3.86. The van der Waals surface area contributed by atoms with Gasteiger partial charge in [0, 0.05) is 12.2 Å². The molecule has 7 nitrogen and oxygen atoms in total. The van der Waals surface area contributed by atoms with Crippen LogP contribution >= 0.6 is 0 Å². The van der Waals surface area contributed by atoms with E-state index in [0.717, 1.165) is 0 Å². The highest BCUT2D eigenvalue weighted by Crippen LogP contribution is 2.17. The van der Waals surface area contributed by atoms with Crippen molar-refractivity contribution in [1.82, 2.24) is 10.6 Å². The monoisotopic (exact) mass is 299 g/mol. The quantitative estimate of drug-likeness (QED) is 0.690. The minimum Gasteiger partial charge on any atom is -0.399 e. The highest BCUT2D eigenvalue weighted by molar-refractivity contribution is 7.92. The van der Waals surface area contributed by atoms with Crippen LogP contribution in [-0.4, -0.2) is 32.2 Å². The molecule has 4 N–H and O–H groups in total. The molecule has 0 aliphatic rings. The van der Waals surface area contributed by atoms with Gasteiger partial charge in [-0.2, -0.15) is 0 Å². The molecule has 0 spiro atoms. The Labute approximate surface area is 117 Å². The van der Waals surface area contributed by atoms with Gasteiger partial charge in [-0.25, -0.2) is 13.2 Å². The Hall–Kier alpha value is -2.09. The Bertz CT molecular complexity index is 596. The summed E-state index contributed by atoms with van der Waals surface area (Å²) in [6, 6.07) is 4.78. The van der Waals surface area contributed by atoms with Crippen molar-refractivity contribution in [2.45, 2.75) is 24.0 Å². The van der Waals surface area contributed by atoms with Crippen molar-refractivity contribution >= 4 is 27.5 Å². The molecule has 0 radical (unpaired) electrons. The van der Waals surface area contributed by atoms with Gasteiger partial charge < -0.3 is 11.1 Å². The molecule has 0 aliphatic carbocycles. The van der Waals surface area contributed by atoms with Crippen molar-refractivity contribution in [1.29, 1.82) is 0 Å². The summed E-state index contributed by atoms with van der Waals surface area (Å²) in [6.07, 6.45) is 0. The highest BCUT2D eigenvalue weighted by Gasteiger charge is 2.30. The lowest BCUT2D eigenvalue weighted by atomic mass is 10.3. The molecule has 1 atom stereocenters. The number of amides is 3. The fourth-order valence-corrected chi connectivity index (χ4v) is 2.69. The molecule has 0 bridgehead atoms. The maximum absolute atomic E-state index is 12.2. The third kappa shape index (κ3) is 3.70. The average Bonchev–Trinajstić information content (AvgIpc) is 2.38. The van der Waals surface area contributed by atoms with E-state index in [1.165, 1.54) is 31.2 Å². The first-order valence-corrected chi connectivity index (χ1v) is 7.51. The van der Waals surface area contributed by atoms with Crippen LogP contribution < -0.4 is 16.4 Å². The molecule has 0 fully saturated rings. The number of hydrogen-bond acceptors (Lipinski definition) is 5. The van der Waals surface area contributed by atoms with Gasteiger partial charge in [-0.1, -0.05) is 0 Å². The van der Waals surface area contributed by atoms with Crippen LogP contribution in [0.25, 0.3) is 0 Å². The average molecular weight is 299 g/mol. The van der Waals surface area contributed by atoms with E-state index < -0.39 is 27.0 Å². The van der Waals surface area contributed by atoms with Gasteiger partial charge in [-0.15, -0.1) is 0 Å². The van der Waals surface area contributed by atoms with E-state index in [2.05, 4.69) is 5.32 Å². The lowest BCUT2D eigenvalue weighted by molar-refractivity contribution is -0.119. The predicted octanol–water partition coefficient (Wildman–Crippen LogP) is 0.277. The highest BCUT2D eigenvalue weighted by atomic mass is 32.2. The number of hydrogen-bond donors (Lipinski definition) is 3. The number of urea groups is 1. The third-order valence-electron chi connectivity index (χ3n) is 2.62. The second-order valence-corrected chi connectivity index (χ2v) is 6.37. The number of imide groups is 1. The maximum Gasteiger partial charge on any atom is 0.321 e. The summed E-state index contributed by atoms with van der Waals surface area (Å²) in [5.74, 6) is -0.882. The van der Waals surface area contributed by atoms with Crippen LogP contribution in [0.15, 0.2) is 29.2 Å². The number of nitrogens with two attached hydrogens (primary N) is 1. The predicted molar refractivity (Wildman–Crippen MR) is 74.7 cm³/mol. The lowest BCUT2D eigenvalue weighted by Crippen LogP contribution is -2.45. The smallest absolute Gasteiger partial charge is 0.321 e. The first-order valence-electron chi connectivity index (χ1n) is 5.97. The van der Waals surface area contributed by atoms with Crippen molar-refractivity contribution in [2.24, 2.45) is 0 Å². The van der Waals surface area contributed by atoms with Gasteiger partial charge in [0.1, 0.15) is 5.25 Å². The normalized spacial score (nSPS) is 12.5. The first kappa shape index (κ1) is 16.0. The Morgan fingerprint density at radius 3 is 2.30 bits per heavy atom. The molecule has 0 aromatic heterocycles. The molecule has 0 saturated heterocycles. The van der Waals surface area contributed by atoms with E-state index in [1.54, 1.807) is 6.92 Å². The van der Waals surface area contributed by atoms with E-state index in [0.29, 0.717) is 12.2 Å². The first-order chi connectivity index (χ1) is 9.28. The molecule has 0 aliphatic heterocycles. The number of sulfone groups is 1. The largest absolute Gasteiger partial charge is 0.399 e. The molecule has 8 heteroatoms. The molecule has 1 aromatic carbocycles. The van der Waals surface area contributed by atoms with Crippen LogP contribution in [0.1, 0.15) is 13.8 Å². The zero-order chi connectivity index (χ0) is 15.3. The van der Waals surface area contributed by atoms with Crippen molar-refractivity contribution in [3.63, 3.8) is 0 Å². The number of rotatable bonds is 4. The number of nitrogens with one attached hydrogen (secondary N) is 2. The molecule has 1 rings (SSSR count). The number of benzene rings is 1. The van der Waals surface area contributed by atoms with E-state index in [4.69, 9.17) is 5.73 Å². The maximum atomic E-state index is 12.2. The molecule has 110 valence electrons. The van der Waals surface area contributed by atoms with E-state index in [1.807, 2.05) is 5.32 Å². The zero-order valence-corrected chi connectivity index (χ0v) is 12.0. The second kappa shape index (κ2) is 6.38. The number of carbonyl (C=O) groups excluding carboxylic acids is 2. The van der Waals surface area contributed by atoms with Crippen molar-refractivity contribution in [3.05, 3.63) is 24.3 Å². The van der Waals surface area contributed by atoms with Crippen molar-refractivity contribution in [2.75, 3.05) is 12.3 Å². The summed E-state index contributed by atoms with van der Waals surface area (Å²) in [4.78, 5) is 22.9. The molecule has 1 unspecified atom stereocenters. The standard InChI is InChI=1S/C12H17N3O4S/c1-3-14-12(17)15-11(16)8(2)20(18,19)10-6-4-9(13)5-7-10/h4-8H,3,13H2,1-2H3,(H2,14,15,16,17). The molecule has 20 heavy (non-hydrogen) atoms. The molecular formula is C12H17N3O4S. The molecular weight excluding hydrogens is 282 g/mol. The van der Waals surface area contributed by atoms with Crippen molar-refractivity contribution < 1.29 is 18.0 Å². The van der Waals surface area contributed by atoms with Crippen LogP contribution in [0.4, 0.5) is 10.5 Å². The minimum absolute atomic E-state index is 0.0229. The van der Waals surface area contributed by atoms with Gasteiger partial charge in [-0.3, -0.25) is 10.1 Å². The molecule has 3 amide bonds. The molecule has 1 aromatic rings. The van der Waals surface area contributed by atoms with Crippen LogP contribution in [0.5, 0.6) is 0 Å². The van der Waals surface area contributed by atoms with Crippen LogP contribution in [0.3, 0.4) is 0 Å². The zero-order valence-electron chi connectivity index (χ0n) is 11.2. The van der Waals surface area contributed by atoms with Crippen LogP contribution in [0, 0.1) is 0 Å². The Kier molecular flexibility index (Phi) is 5.09. The van der Waals surface area contributed by atoms with E-state index >= 15 is 0 Å². The number of nitrogen functional groups attached to an aromatic ring is 1. The summed E-state index contributed by atoms with van der Waals surface area (Å²) in [6.45, 7) is 3.23. The summed E-state index contributed by atoms with van der Waals surface area (Å²) < 4.78 is 24.4. The second-order valence-electron chi connectivity index (χ2n) is 4.10. The summed E-state index contributed by atoms with van der Waals surface area (Å²) in [5.41, 5.74) is 5.90. The molecule has 0 saturated carbocycles. The summed E-state index contributed by atoms with van der Waals surface area (Å²) in [5, 5.41) is 2.94. The fraction of sp³-hybridized carbons (Fsp3) is 0.333. The third-order valence-corrected chi connectivity index (χ3v) is 4.69. The van der Waals surface area contributed by atoms with Crippen LogP contribution in [0.2, 0.25) is 0 Å². The van der Waals surface area contributed by atoms with E-state index in [9.17, 15) is 18.0 Å². The van der Waals surface area contributed by atoms with Crippen molar-refractivity contribution in [3.8, 4) is 0 Å². The van der Waals surface area contributed by atoms with Gasteiger partial charge in [0.2, 0.25) is 5.91 Å². The molecule has 0 heterocycles. The van der Waals surface area contributed by atoms with Gasteiger partial charge >= 0.3 is 6.03 Å². The summed E-state index contributed by atoms with van der Waals surface area (Å²) in [7, 11) is -3.86. The SMILES string of the molecule is CCNC(=O)NC(=O)C(C)S(=O)(=O)c1ccc(N)cc1. The summed E-state index contributed by atoms with van der Waals surface area (Å²) >= 11 is 0. The topological polar surface area (TPSA) is 118 Å². The number of carbonyl (C=O) groups is 2. The van der Waals surface area contributed by atoms with Crippen LogP contribution in [-0.2, 0) is 14.6 Å². The Balaban J connectivity index is 2.89. The van der Waals surface area contributed by atoms with Gasteiger partial charge in [0.25, 0.3) is 0 Å². The Morgan fingerprint density at radius 1 is 1.25 bits per heavy atom. The van der Waals surface area contributed by atoms with Gasteiger partial charge in [0.15, 0.2) is 9.84 Å². The fourth-order valence-electron chi connectivity index (χ4n) is 1.42. The lowest BCUT2D eigenvalue weighted by Gasteiger charge is -2.13. The Morgan fingerprint density at radius 2 is 1.80 bits per heavy atom. The van der Waals surface area contributed by atoms with Gasteiger partial charge in [-0.05, 0) is 38.1 Å². The van der Waals surface area contributed by atoms with E-state index in [-0.39, 0.29) is 4.90 Å². The van der Waals surface area contributed by atoms with Gasteiger partial charge in [0.05, 0.1) is 4.90 Å².